The predicted octanol–water partition coefficient (Wildman–Crippen LogP) is 1.56. The first-order valence-electron chi connectivity index (χ1n) is 6.84. The number of benzene rings is 1. The highest BCUT2D eigenvalue weighted by molar-refractivity contribution is 7.91. The zero-order chi connectivity index (χ0) is 18.1. The number of carbonyl (C=O) groups excluding carboxylic acids is 2. The first kappa shape index (κ1) is 18.2. The molecule has 24 heavy (non-hydrogen) atoms. The van der Waals surface area contributed by atoms with Crippen LogP contribution in [0, 0.1) is 0 Å². The highest BCUT2D eigenvalue weighted by Gasteiger charge is 2.47. The molecule has 0 N–H and O–H groups in total. The highest BCUT2D eigenvalue weighted by atomic mass is 32.2. The van der Waals surface area contributed by atoms with Crippen molar-refractivity contribution in [2.75, 3.05) is 23.5 Å². The molecule has 1 amide bonds. The van der Waals surface area contributed by atoms with Crippen molar-refractivity contribution in [3.8, 4) is 0 Å². The lowest BCUT2D eigenvalue weighted by Crippen LogP contribution is -2.48. The number of ether oxygens (including phenoxy) is 1. The van der Waals surface area contributed by atoms with E-state index >= 15 is 0 Å². The summed E-state index contributed by atoms with van der Waals surface area (Å²) >= 11 is 0. The van der Waals surface area contributed by atoms with Crippen molar-refractivity contribution in [1.82, 2.24) is 0 Å². The molecule has 1 aromatic rings. The minimum absolute atomic E-state index is 0.0804. The maximum Gasteiger partial charge on any atom is 0.471 e. The molecule has 1 aliphatic heterocycles. The van der Waals surface area contributed by atoms with Crippen molar-refractivity contribution in [2.45, 2.75) is 18.6 Å². The Balaban J connectivity index is 2.39. The quantitative estimate of drug-likeness (QED) is 0.760. The molecule has 10 heteroatoms. The number of hydrogen-bond donors (Lipinski definition) is 0. The van der Waals surface area contributed by atoms with Gasteiger partial charge in [-0.3, -0.25) is 4.79 Å². The molecule has 1 aliphatic rings. The van der Waals surface area contributed by atoms with Crippen molar-refractivity contribution < 1.29 is 35.9 Å². The average molecular weight is 365 g/mol. The first-order chi connectivity index (χ1) is 11.0. The van der Waals surface area contributed by atoms with E-state index in [2.05, 4.69) is 4.74 Å². The summed E-state index contributed by atoms with van der Waals surface area (Å²) in [5.41, 5.74) is -0.0354. The van der Waals surface area contributed by atoms with Gasteiger partial charge in [-0.1, -0.05) is 0 Å². The van der Waals surface area contributed by atoms with Gasteiger partial charge in [0.05, 0.1) is 30.2 Å². The van der Waals surface area contributed by atoms with E-state index in [0.29, 0.717) is 4.90 Å². The Bertz CT molecular complexity index is 743. The lowest BCUT2D eigenvalue weighted by atomic mass is 10.1. The number of sulfone groups is 1. The molecule has 0 aromatic heterocycles. The van der Waals surface area contributed by atoms with Crippen LogP contribution in [0.1, 0.15) is 16.8 Å². The molecule has 1 aromatic carbocycles. The molecule has 0 aliphatic carbocycles. The number of carbonyl (C=O) groups is 2. The minimum atomic E-state index is -5.15. The van der Waals surface area contributed by atoms with Gasteiger partial charge in [0.2, 0.25) is 0 Å². The number of nitrogens with zero attached hydrogens (tertiary/aromatic N) is 1. The van der Waals surface area contributed by atoms with Crippen molar-refractivity contribution in [3.05, 3.63) is 29.8 Å². The predicted molar refractivity (Wildman–Crippen MR) is 78.4 cm³/mol. The molecule has 0 radical (unpaired) electrons. The van der Waals surface area contributed by atoms with E-state index in [1.165, 1.54) is 12.1 Å². The number of anilines is 1. The third-order valence-electron chi connectivity index (χ3n) is 3.60. The molecule has 132 valence electrons. The lowest BCUT2D eigenvalue weighted by Gasteiger charge is -2.29. The summed E-state index contributed by atoms with van der Waals surface area (Å²) in [4.78, 5) is 23.6. The number of alkyl halides is 3. The number of esters is 1. The number of rotatable bonds is 3. The molecule has 1 atom stereocenters. The van der Waals surface area contributed by atoms with Gasteiger partial charge in [-0.15, -0.1) is 0 Å². The summed E-state index contributed by atoms with van der Waals surface area (Å²) in [5, 5.41) is 0. The Morgan fingerprint density at radius 2 is 1.79 bits per heavy atom. The molecule has 6 nitrogen and oxygen atoms in total. The summed E-state index contributed by atoms with van der Waals surface area (Å²) in [6.45, 7) is 0. The van der Waals surface area contributed by atoms with E-state index in [9.17, 15) is 31.2 Å². The van der Waals surface area contributed by atoms with Crippen LogP contribution >= 0.6 is 0 Å². The second kappa shape index (κ2) is 6.42. The Hall–Kier alpha value is -2.10. The lowest BCUT2D eigenvalue weighted by molar-refractivity contribution is -0.170. The second-order valence-corrected chi connectivity index (χ2v) is 7.50. The minimum Gasteiger partial charge on any atom is -0.465 e. The maximum absolute atomic E-state index is 12.9. The SMILES string of the molecule is COC(=O)c1ccc(N(C(=O)C(F)(F)F)C2CCS(=O)(=O)C2)cc1. The number of halogens is 3. The van der Waals surface area contributed by atoms with Crippen LogP contribution in [0.2, 0.25) is 0 Å². The Morgan fingerprint density at radius 1 is 1.21 bits per heavy atom. The highest BCUT2D eigenvalue weighted by Crippen LogP contribution is 2.30. The van der Waals surface area contributed by atoms with Gasteiger partial charge in [0.15, 0.2) is 9.84 Å². The van der Waals surface area contributed by atoms with Crippen LogP contribution in [0.15, 0.2) is 24.3 Å². The van der Waals surface area contributed by atoms with Crippen LogP contribution < -0.4 is 4.90 Å². The molecule has 0 saturated carbocycles. The van der Waals surface area contributed by atoms with Gasteiger partial charge in [0, 0.05) is 5.69 Å². The Kier molecular flexibility index (Phi) is 4.88. The zero-order valence-corrected chi connectivity index (χ0v) is 13.4. The van der Waals surface area contributed by atoms with Crippen LogP contribution in [-0.4, -0.2) is 51.1 Å². The molecular weight excluding hydrogens is 351 g/mol. The summed E-state index contributed by atoms with van der Waals surface area (Å²) < 4.78 is 66.2. The van der Waals surface area contributed by atoms with Gasteiger partial charge in [-0.05, 0) is 30.7 Å². The summed E-state index contributed by atoms with van der Waals surface area (Å²) in [5.74, 6) is -3.64. The van der Waals surface area contributed by atoms with E-state index in [4.69, 9.17) is 0 Å². The third-order valence-corrected chi connectivity index (χ3v) is 5.35. The fourth-order valence-corrected chi connectivity index (χ4v) is 4.19. The van der Waals surface area contributed by atoms with Gasteiger partial charge in [0.25, 0.3) is 0 Å². The van der Waals surface area contributed by atoms with Gasteiger partial charge in [0.1, 0.15) is 0 Å². The smallest absolute Gasteiger partial charge is 0.465 e. The van der Waals surface area contributed by atoms with E-state index in [1.54, 1.807) is 0 Å². The Morgan fingerprint density at radius 3 is 2.21 bits per heavy atom. The Labute approximate surface area is 136 Å². The van der Waals surface area contributed by atoms with Crippen LogP contribution in [0.3, 0.4) is 0 Å². The van der Waals surface area contributed by atoms with Crippen LogP contribution in [0.4, 0.5) is 18.9 Å². The third kappa shape index (κ3) is 3.86. The largest absolute Gasteiger partial charge is 0.471 e. The van der Waals surface area contributed by atoms with E-state index in [-0.39, 0.29) is 23.4 Å². The van der Waals surface area contributed by atoms with Crippen molar-refractivity contribution >= 4 is 27.4 Å². The number of hydrogen-bond acceptors (Lipinski definition) is 5. The molecule has 1 heterocycles. The zero-order valence-electron chi connectivity index (χ0n) is 12.5. The molecule has 0 spiro atoms. The summed E-state index contributed by atoms with van der Waals surface area (Å²) in [6.07, 6.45) is -5.23. The molecule has 0 bridgehead atoms. The maximum atomic E-state index is 12.9. The van der Waals surface area contributed by atoms with Crippen LogP contribution in [0.25, 0.3) is 0 Å². The molecule has 1 saturated heterocycles. The molecule has 2 rings (SSSR count). The topological polar surface area (TPSA) is 80.8 Å². The summed E-state index contributed by atoms with van der Waals surface area (Å²) in [6, 6.07) is 3.62. The summed E-state index contributed by atoms with van der Waals surface area (Å²) in [7, 11) is -2.34. The van der Waals surface area contributed by atoms with Gasteiger partial charge >= 0.3 is 18.1 Å². The normalized spacial score (nSPS) is 19.8. The molecule has 1 unspecified atom stereocenters. The first-order valence-corrected chi connectivity index (χ1v) is 8.66. The van der Waals surface area contributed by atoms with E-state index in [1.807, 2.05) is 0 Å². The standard InChI is InChI=1S/C14H14F3NO5S/c1-23-12(19)9-2-4-10(5-3-9)18(13(20)14(15,16)17)11-6-7-24(21,22)8-11/h2-5,11H,6-8H2,1H3. The van der Waals surface area contributed by atoms with E-state index in [0.717, 1.165) is 19.2 Å². The monoisotopic (exact) mass is 365 g/mol. The fourth-order valence-electron chi connectivity index (χ4n) is 2.49. The van der Waals surface area contributed by atoms with E-state index < -0.39 is 39.7 Å². The van der Waals surface area contributed by atoms with Gasteiger partial charge in [-0.2, -0.15) is 13.2 Å². The second-order valence-electron chi connectivity index (χ2n) is 5.27. The van der Waals surface area contributed by atoms with Crippen molar-refractivity contribution in [3.63, 3.8) is 0 Å². The fraction of sp³-hybridized carbons (Fsp3) is 0.429. The van der Waals surface area contributed by atoms with Gasteiger partial charge < -0.3 is 9.64 Å². The number of methoxy groups -OCH3 is 1. The average Bonchev–Trinajstić information content (AvgIpc) is 2.86. The molecular formula is C14H14F3NO5S. The van der Waals surface area contributed by atoms with Crippen molar-refractivity contribution in [2.24, 2.45) is 0 Å². The van der Waals surface area contributed by atoms with Crippen LogP contribution in [-0.2, 0) is 19.4 Å². The molecule has 1 fully saturated rings. The van der Waals surface area contributed by atoms with Crippen LogP contribution in [0.5, 0.6) is 0 Å². The van der Waals surface area contributed by atoms with Gasteiger partial charge in [-0.25, -0.2) is 13.2 Å². The number of amides is 1. The van der Waals surface area contributed by atoms with Crippen molar-refractivity contribution in [1.29, 1.82) is 0 Å².